The summed E-state index contributed by atoms with van der Waals surface area (Å²) in [7, 11) is 0. The first kappa shape index (κ1) is 18.3. The molecule has 0 aliphatic carbocycles. The Balaban J connectivity index is 0.00000324. The number of furan rings is 1. The van der Waals surface area contributed by atoms with Crippen LogP contribution < -0.4 is 10.6 Å². The fraction of sp³-hybridized carbons (Fsp3) is 0.643. The molecule has 0 amide bonds. The van der Waals surface area contributed by atoms with E-state index in [-0.39, 0.29) is 24.0 Å². The molecule has 1 heterocycles. The average molecular weight is 379 g/mol. The smallest absolute Gasteiger partial charge is 0.191 e. The highest BCUT2D eigenvalue weighted by molar-refractivity contribution is 14.0. The molecule has 1 aromatic heterocycles. The maximum atomic E-state index is 5.28. The molecular weight excluding hydrogens is 353 g/mol. The lowest BCUT2D eigenvalue weighted by atomic mass is 10.1. The molecule has 1 atom stereocenters. The molecule has 110 valence electrons. The van der Waals surface area contributed by atoms with Crippen molar-refractivity contribution in [3.05, 3.63) is 24.2 Å². The van der Waals surface area contributed by atoms with E-state index in [0.717, 1.165) is 31.2 Å². The molecule has 1 rings (SSSR count). The van der Waals surface area contributed by atoms with Gasteiger partial charge in [-0.3, -0.25) is 4.99 Å². The predicted octanol–water partition coefficient (Wildman–Crippen LogP) is 3.04. The van der Waals surface area contributed by atoms with Crippen LogP contribution in [0, 0.1) is 5.92 Å². The van der Waals surface area contributed by atoms with E-state index in [0.29, 0.717) is 12.0 Å². The van der Waals surface area contributed by atoms with Gasteiger partial charge in [-0.2, -0.15) is 0 Å². The highest BCUT2D eigenvalue weighted by Gasteiger charge is 2.08. The lowest BCUT2D eigenvalue weighted by Crippen LogP contribution is -2.44. The van der Waals surface area contributed by atoms with Gasteiger partial charge in [-0.25, -0.2) is 0 Å². The van der Waals surface area contributed by atoms with Crippen molar-refractivity contribution in [2.24, 2.45) is 10.9 Å². The monoisotopic (exact) mass is 379 g/mol. The van der Waals surface area contributed by atoms with Crippen molar-refractivity contribution in [1.82, 2.24) is 10.6 Å². The van der Waals surface area contributed by atoms with Crippen LogP contribution in [0.15, 0.2) is 27.8 Å². The Bertz CT molecular complexity index is 350. The van der Waals surface area contributed by atoms with E-state index in [1.54, 1.807) is 6.26 Å². The number of rotatable bonds is 6. The van der Waals surface area contributed by atoms with Crippen LogP contribution in [0.25, 0.3) is 0 Å². The number of guanidine groups is 1. The van der Waals surface area contributed by atoms with E-state index in [1.807, 2.05) is 12.1 Å². The molecular formula is C14H26IN3O. The molecule has 0 radical (unpaired) electrons. The van der Waals surface area contributed by atoms with E-state index < -0.39 is 0 Å². The maximum Gasteiger partial charge on any atom is 0.191 e. The van der Waals surface area contributed by atoms with Crippen molar-refractivity contribution in [1.29, 1.82) is 0 Å². The van der Waals surface area contributed by atoms with E-state index >= 15 is 0 Å². The summed E-state index contributed by atoms with van der Waals surface area (Å²) in [6.45, 7) is 10.2. The van der Waals surface area contributed by atoms with Crippen LogP contribution in [-0.4, -0.2) is 25.1 Å². The van der Waals surface area contributed by atoms with Gasteiger partial charge in [0.05, 0.1) is 6.26 Å². The molecule has 1 aromatic rings. The maximum absolute atomic E-state index is 5.28. The molecule has 0 bridgehead atoms. The number of nitrogens with one attached hydrogen (secondary N) is 2. The van der Waals surface area contributed by atoms with Crippen LogP contribution >= 0.6 is 24.0 Å². The third kappa shape index (κ3) is 7.44. The average Bonchev–Trinajstić information content (AvgIpc) is 2.82. The van der Waals surface area contributed by atoms with Crippen molar-refractivity contribution >= 4 is 29.9 Å². The summed E-state index contributed by atoms with van der Waals surface area (Å²) in [6.07, 6.45) is 2.53. The van der Waals surface area contributed by atoms with Gasteiger partial charge >= 0.3 is 0 Å². The van der Waals surface area contributed by atoms with Gasteiger partial charge in [0, 0.05) is 25.6 Å². The second-order valence-corrected chi connectivity index (χ2v) is 4.77. The Morgan fingerprint density at radius 3 is 2.63 bits per heavy atom. The van der Waals surface area contributed by atoms with Gasteiger partial charge in [-0.15, -0.1) is 24.0 Å². The number of hydrogen-bond donors (Lipinski definition) is 2. The Morgan fingerprint density at radius 1 is 1.37 bits per heavy atom. The molecule has 0 aromatic carbocycles. The molecule has 1 unspecified atom stereocenters. The number of aliphatic imine (C=N–C) groups is 1. The standard InChI is InChI=1S/C14H25N3O.HI/c1-5-15-14(17-12(4)11(2)3)16-9-8-13-7-6-10-18-13;/h6-7,10-12H,5,8-9H2,1-4H3,(H2,15,16,17);1H. The third-order valence-electron chi connectivity index (χ3n) is 2.92. The third-order valence-corrected chi connectivity index (χ3v) is 2.92. The molecule has 0 saturated heterocycles. The van der Waals surface area contributed by atoms with Crippen molar-refractivity contribution < 1.29 is 4.42 Å². The molecule has 5 heteroatoms. The first-order chi connectivity index (χ1) is 8.63. The minimum atomic E-state index is 0. The largest absolute Gasteiger partial charge is 0.469 e. The zero-order valence-corrected chi connectivity index (χ0v) is 14.6. The van der Waals surface area contributed by atoms with Crippen molar-refractivity contribution in [3.8, 4) is 0 Å². The Morgan fingerprint density at radius 2 is 2.11 bits per heavy atom. The Kier molecular flexibility index (Phi) is 9.73. The summed E-state index contributed by atoms with van der Waals surface area (Å²) in [5, 5.41) is 6.66. The number of nitrogens with zero attached hydrogens (tertiary/aromatic N) is 1. The van der Waals surface area contributed by atoms with E-state index in [9.17, 15) is 0 Å². The number of halogens is 1. The van der Waals surface area contributed by atoms with Crippen molar-refractivity contribution in [3.63, 3.8) is 0 Å². The fourth-order valence-electron chi connectivity index (χ4n) is 1.44. The fourth-order valence-corrected chi connectivity index (χ4v) is 1.44. The van der Waals surface area contributed by atoms with E-state index in [1.165, 1.54) is 0 Å². The van der Waals surface area contributed by atoms with Gasteiger partial charge in [0.1, 0.15) is 5.76 Å². The zero-order valence-electron chi connectivity index (χ0n) is 12.3. The quantitative estimate of drug-likeness (QED) is 0.454. The first-order valence-electron chi connectivity index (χ1n) is 6.70. The van der Waals surface area contributed by atoms with Gasteiger partial charge in [0.25, 0.3) is 0 Å². The van der Waals surface area contributed by atoms with Gasteiger partial charge in [0.2, 0.25) is 0 Å². The van der Waals surface area contributed by atoms with E-state index in [2.05, 4.69) is 43.3 Å². The molecule has 0 spiro atoms. The van der Waals surface area contributed by atoms with Gasteiger partial charge in [0.15, 0.2) is 5.96 Å². The first-order valence-corrected chi connectivity index (χ1v) is 6.70. The van der Waals surface area contributed by atoms with Gasteiger partial charge in [-0.05, 0) is 31.9 Å². The molecule has 4 nitrogen and oxygen atoms in total. The molecule has 0 aliphatic rings. The molecule has 0 fully saturated rings. The summed E-state index contributed by atoms with van der Waals surface area (Å²) in [5.41, 5.74) is 0. The highest BCUT2D eigenvalue weighted by Crippen LogP contribution is 2.01. The molecule has 0 saturated carbocycles. The van der Waals surface area contributed by atoms with Crippen LogP contribution in [0.3, 0.4) is 0 Å². The van der Waals surface area contributed by atoms with Gasteiger partial charge < -0.3 is 15.1 Å². The van der Waals surface area contributed by atoms with Crippen LogP contribution in [-0.2, 0) is 6.42 Å². The van der Waals surface area contributed by atoms with Gasteiger partial charge in [-0.1, -0.05) is 13.8 Å². The summed E-state index contributed by atoms with van der Waals surface area (Å²) in [4.78, 5) is 4.55. The van der Waals surface area contributed by atoms with Crippen molar-refractivity contribution in [2.45, 2.75) is 40.2 Å². The summed E-state index contributed by atoms with van der Waals surface area (Å²) in [6, 6.07) is 4.29. The lowest BCUT2D eigenvalue weighted by molar-refractivity contribution is 0.480. The Labute approximate surface area is 133 Å². The number of hydrogen-bond acceptors (Lipinski definition) is 2. The molecule has 2 N–H and O–H groups in total. The summed E-state index contributed by atoms with van der Waals surface area (Å²) < 4.78 is 5.28. The topological polar surface area (TPSA) is 49.6 Å². The van der Waals surface area contributed by atoms with Crippen LogP contribution in [0.4, 0.5) is 0 Å². The SMILES string of the molecule is CCNC(=NCCc1ccco1)NC(C)C(C)C.I. The minimum Gasteiger partial charge on any atom is -0.469 e. The normalized spacial score (nSPS) is 13.0. The summed E-state index contributed by atoms with van der Waals surface area (Å²) >= 11 is 0. The van der Waals surface area contributed by atoms with E-state index in [4.69, 9.17) is 4.42 Å². The van der Waals surface area contributed by atoms with Crippen LogP contribution in [0.2, 0.25) is 0 Å². The molecule has 0 aliphatic heterocycles. The highest BCUT2D eigenvalue weighted by atomic mass is 127. The second kappa shape index (κ2) is 10.1. The predicted molar refractivity (Wildman–Crippen MR) is 91.2 cm³/mol. The van der Waals surface area contributed by atoms with Crippen LogP contribution in [0.1, 0.15) is 33.5 Å². The van der Waals surface area contributed by atoms with Crippen LogP contribution in [0.5, 0.6) is 0 Å². The second-order valence-electron chi connectivity index (χ2n) is 4.77. The lowest BCUT2D eigenvalue weighted by Gasteiger charge is -2.20. The molecule has 19 heavy (non-hydrogen) atoms. The minimum absolute atomic E-state index is 0. The zero-order chi connectivity index (χ0) is 13.4. The van der Waals surface area contributed by atoms with Crippen molar-refractivity contribution in [2.75, 3.05) is 13.1 Å². The Hall–Kier alpha value is -0.720. The summed E-state index contributed by atoms with van der Waals surface area (Å²) in [5.74, 6) is 2.44.